The van der Waals surface area contributed by atoms with Crippen molar-refractivity contribution in [2.75, 3.05) is 38.3 Å². The fraction of sp³-hybridized carbons (Fsp3) is 0.429. The monoisotopic (exact) mass is 410 g/mol. The van der Waals surface area contributed by atoms with Crippen molar-refractivity contribution >= 4 is 17.2 Å². The lowest BCUT2D eigenvalue weighted by molar-refractivity contribution is -0.136. The van der Waals surface area contributed by atoms with Crippen molar-refractivity contribution in [1.82, 2.24) is 24.7 Å². The number of nitrogens with zero attached hydrogens (tertiary/aromatic N) is 6. The van der Waals surface area contributed by atoms with Crippen LogP contribution in [0.2, 0.25) is 0 Å². The number of carbonyl (C=O) groups excluding carboxylic acids is 1. The lowest BCUT2D eigenvalue weighted by Crippen LogP contribution is -2.37. The molecule has 3 atom stereocenters. The van der Waals surface area contributed by atoms with Crippen LogP contribution >= 0.6 is 0 Å². The first-order chi connectivity index (χ1) is 14.5. The number of methoxy groups -OCH3 is 1. The third kappa shape index (κ3) is 3.09. The molecular formula is C21H23FN6O2. The smallest absolute Gasteiger partial charge is 0.249 e. The van der Waals surface area contributed by atoms with Gasteiger partial charge in [-0.3, -0.25) is 4.79 Å². The number of carbonyl (C=O) groups is 1. The van der Waals surface area contributed by atoms with Crippen LogP contribution in [0.3, 0.4) is 0 Å². The molecule has 8 nitrogen and oxygen atoms in total. The molecule has 2 saturated heterocycles. The summed E-state index contributed by atoms with van der Waals surface area (Å²) >= 11 is 0. The van der Waals surface area contributed by atoms with Gasteiger partial charge >= 0.3 is 0 Å². The van der Waals surface area contributed by atoms with E-state index in [2.05, 4.69) is 20.2 Å². The Morgan fingerprint density at radius 3 is 2.93 bits per heavy atom. The highest BCUT2D eigenvalue weighted by molar-refractivity contribution is 5.78. The van der Waals surface area contributed by atoms with Gasteiger partial charge < -0.3 is 14.5 Å². The molecule has 0 saturated carbocycles. The van der Waals surface area contributed by atoms with E-state index in [0.29, 0.717) is 6.54 Å². The number of hydrogen-bond donors (Lipinski definition) is 0. The van der Waals surface area contributed by atoms with Gasteiger partial charge in [0.1, 0.15) is 18.8 Å². The molecule has 0 N–H and O–H groups in total. The Labute approximate surface area is 173 Å². The Hall–Kier alpha value is -3.07. The second kappa shape index (κ2) is 7.32. The van der Waals surface area contributed by atoms with Crippen LogP contribution in [-0.2, 0) is 9.53 Å². The van der Waals surface area contributed by atoms with Crippen molar-refractivity contribution in [3.05, 3.63) is 53.7 Å². The van der Waals surface area contributed by atoms with E-state index in [1.807, 2.05) is 24.0 Å². The van der Waals surface area contributed by atoms with E-state index < -0.39 is 0 Å². The summed E-state index contributed by atoms with van der Waals surface area (Å²) in [7, 11) is 1.52. The Morgan fingerprint density at radius 2 is 2.13 bits per heavy atom. The Bertz CT molecular complexity index is 1100. The molecule has 30 heavy (non-hydrogen) atoms. The van der Waals surface area contributed by atoms with E-state index in [4.69, 9.17) is 4.74 Å². The Morgan fingerprint density at radius 1 is 1.27 bits per heavy atom. The molecule has 1 amide bonds. The molecule has 0 bridgehead atoms. The zero-order valence-electron chi connectivity index (χ0n) is 16.9. The molecule has 0 radical (unpaired) electrons. The molecule has 9 heteroatoms. The van der Waals surface area contributed by atoms with Crippen LogP contribution in [0.4, 0.5) is 10.1 Å². The lowest BCUT2D eigenvalue weighted by atomic mass is 9.89. The van der Waals surface area contributed by atoms with Gasteiger partial charge in [-0.25, -0.2) is 4.39 Å². The predicted octanol–water partition coefficient (Wildman–Crippen LogP) is 1.85. The average Bonchev–Trinajstić information content (AvgIpc) is 3.41. The summed E-state index contributed by atoms with van der Waals surface area (Å²) < 4.78 is 20.8. The zero-order chi connectivity index (χ0) is 20.8. The van der Waals surface area contributed by atoms with Gasteiger partial charge in [0, 0.05) is 38.6 Å². The fourth-order valence-corrected chi connectivity index (χ4v) is 4.99. The van der Waals surface area contributed by atoms with Gasteiger partial charge in [0.05, 0.1) is 17.4 Å². The number of anilines is 1. The number of benzene rings is 1. The molecule has 0 aliphatic carbocycles. The van der Waals surface area contributed by atoms with Crippen molar-refractivity contribution in [2.45, 2.75) is 13.0 Å². The number of aromatic nitrogens is 4. The normalized spacial score (nSPS) is 23.4. The van der Waals surface area contributed by atoms with E-state index in [0.717, 1.165) is 35.7 Å². The Kier molecular flexibility index (Phi) is 4.62. The van der Waals surface area contributed by atoms with Gasteiger partial charge in [0.25, 0.3) is 0 Å². The summed E-state index contributed by atoms with van der Waals surface area (Å²) in [5.41, 5.74) is 3.41. The molecule has 0 unspecified atom stereocenters. The third-order valence-corrected chi connectivity index (χ3v) is 6.15. The highest BCUT2D eigenvalue weighted by Gasteiger charge is 2.49. The van der Waals surface area contributed by atoms with Crippen LogP contribution in [0.1, 0.15) is 17.3 Å². The van der Waals surface area contributed by atoms with E-state index in [1.165, 1.54) is 19.2 Å². The van der Waals surface area contributed by atoms with Gasteiger partial charge in [-0.15, -0.1) is 10.2 Å². The van der Waals surface area contributed by atoms with Crippen LogP contribution in [0.5, 0.6) is 0 Å². The van der Waals surface area contributed by atoms with Gasteiger partial charge in [-0.05, 0) is 30.7 Å². The van der Waals surface area contributed by atoms with Crippen LogP contribution in [0.25, 0.3) is 5.65 Å². The topological polar surface area (TPSA) is 75.9 Å². The van der Waals surface area contributed by atoms with Crippen molar-refractivity contribution in [1.29, 1.82) is 0 Å². The number of aryl methyl sites for hydroxylation is 1. The number of amides is 1. The van der Waals surface area contributed by atoms with E-state index in [-0.39, 0.29) is 36.2 Å². The molecule has 2 aromatic heterocycles. The molecule has 156 valence electrons. The maximum atomic E-state index is 14.0. The van der Waals surface area contributed by atoms with Gasteiger partial charge in [0.2, 0.25) is 11.6 Å². The molecule has 1 aromatic carbocycles. The van der Waals surface area contributed by atoms with Gasteiger partial charge in [-0.2, -0.15) is 9.61 Å². The molecule has 2 fully saturated rings. The molecular weight excluding hydrogens is 387 g/mol. The first kappa shape index (κ1) is 18.9. The zero-order valence-corrected chi connectivity index (χ0v) is 16.9. The lowest BCUT2D eigenvalue weighted by Gasteiger charge is -2.30. The van der Waals surface area contributed by atoms with Crippen molar-refractivity contribution in [3.8, 4) is 0 Å². The minimum absolute atomic E-state index is 0.0267. The number of ether oxygens (including phenoxy) is 1. The quantitative estimate of drug-likeness (QED) is 0.654. The number of halogens is 1. The summed E-state index contributed by atoms with van der Waals surface area (Å²) in [6, 6.07) is 8.41. The van der Waals surface area contributed by atoms with Gasteiger partial charge in [-0.1, -0.05) is 12.1 Å². The second-order valence-electron chi connectivity index (χ2n) is 8.08. The molecule has 3 aromatic rings. The van der Waals surface area contributed by atoms with Gasteiger partial charge in [0.15, 0.2) is 0 Å². The average molecular weight is 410 g/mol. The maximum absolute atomic E-state index is 14.0. The number of rotatable bonds is 4. The largest absolute Gasteiger partial charge is 0.375 e. The van der Waals surface area contributed by atoms with E-state index in [9.17, 15) is 9.18 Å². The minimum atomic E-state index is -0.292. The van der Waals surface area contributed by atoms with Crippen molar-refractivity contribution in [2.24, 2.45) is 11.8 Å². The fourth-order valence-electron chi connectivity index (χ4n) is 4.99. The van der Waals surface area contributed by atoms with Crippen LogP contribution < -0.4 is 4.90 Å². The minimum Gasteiger partial charge on any atom is -0.375 e. The van der Waals surface area contributed by atoms with Crippen LogP contribution in [-0.4, -0.2) is 64.0 Å². The van der Waals surface area contributed by atoms with E-state index in [1.54, 1.807) is 16.9 Å². The van der Waals surface area contributed by atoms with Crippen molar-refractivity contribution in [3.63, 3.8) is 0 Å². The standard InChI is InChI=1S/C21H23FN6O2/c1-13-6-18(21-24-23-12-28(21)25-13)26-8-15-9-27(19(29)11-30-2)20(17(15)10-26)14-4-3-5-16(22)7-14/h3-7,12,15,17,20H,8-11H2,1-2H3/t15-,17-,20+/m1/s1. The summed E-state index contributed by atoms with van der Waals surface area (Å²) in [6.07, 6.45) is 1.60. The Balaban J connectivity index is 1.49. The third-order valence-electron chi connectivity index (χ3n) is 6.15. The second-order valence-corrected chi connectivity index (χ2v) is 8.08. The summed E-state index contributed by atoms with van der Waals surface area (Å²) in [6.45, 7) is 4.13. The SMILES string of the molecule is COCC(=O)N1C[C@H]2CN(c3cc(C)nn4cnnc34)C[C@H]2[C@@H]1c1cccc(F)c1. The number of fused-ring (bicyclic) bond motifs is 2. The first-order valence-electron chi connectivity index (χ1n) is 10.0. The summed E-state index contributed by atoms with van der Waals surface area (Å²) in [4.78, 5) is 16.9. The highest BCUT2D eigenvalue weighted by atomic mass is 19.1. The first-order valence-corrected chi connectivity index (χ1v) is 10.0. The van der Waals surface area contributed by atoms with Crippen molar-refractivity contribution < 1.29 is 13.9 Å². The number of hydrogen-bond acceptors (Lipinski definition) is 6. The van der Waals surface area contributed by atoms with Crippen LogP contribution in [0.15, 0.2) is 36.7 Å². The molecule has 2 aliphatic rings. The highest BCUT2D eigenvalue weighted by Crippen LogP contribution is 2.46. The molecule has 5 rings (SSSR count). The van der Waals surface area contributed by atoms with Crippen LogP contribution in [0, 0.1) is 24.6 Å². The molecule has 4 heterocycles. The number of likely N-dealkylation sites (tertiary alicyclic amines) is 1. The van der Waals surface area contributed by atoms with E-state index >= 15 is 0 Å². The predicted molar refractivity (Wildman–Crippen MR) is 107 cm³/mol. The molecule has 0 spiro atoms. The summed E-state index contributed by atoms with van der Waals surface area (Å²) in [5.74, 6) is 0.103. The molecule has 2 aliphatic heterocycles. The maximum Gasteiger partial charge on any atom is 0.249 e. The summed E-state index contributed by atoms with van der Waals surface area (Å²) in [5, 5.41) is 12.6.